The SMILES string of the molecule is O=C(CNc1ncc(-c2ccccc2)nc1CCC1CCCCC1)Cc1ccccc1. The molecule has 1 aliphatic carbocycles. The van der Waals surface area contributed by atoms with Crippen molar-refractivity contribution in [1.82, 2.24) is 9.97 Å². The number of hydrogen-bond donors (Lipinski definition) is 1. The first-order chi connectivity index (χ1) is 15.3. The molecular formula is C27H31N3O. The fourth-order valence-corrected chi connectivity index (χ4v) is 4.38. The molecule has 3 aromatic rings. The van der Waals surface area contributed by atoms with Crippen LogP contribution in [0.4, 0.5) is 5.82 Å². The molecule has 160 valence electrons. The van der Waals surface area contributed by atoms with Gasteiger partial charge in [0.2, 0.25) is 0 Å². The monoisotopic (exact) mass is 413 g/mol. The normalized spacial score (nSPS) is 14.3. The lowest BCUT2D eigenvalue weighted by Gasteiger charge is -2.21. The molecule has 1 aromatic heterocycles. The molecule has 1 N–H and O–H groups in total. The molecule has 0 atom stereocenters. The van der Waals surface area contributed by atoms with Crippen LogP contribution in [0.5, 0.6) is 0 Å². The Morgan fingerprint density at radius 3 is 2.39 bits per heavy atom. The summed E-state index contributed by atoms with van der Waals surface area (Å²) in [4.78, 5) is 22.1. The Hall–Kier alpha value is -3.01. The fraction of sp³-hybridized carbons (Fsp3) is 0.370. The molecule has 0 bridgehead atoms. The van der Waals surface area contributed by atoms with Crippen molar-refractivity contribution in [1.29, 1.82) is 0 Å². The topological polar surface area (TPSA) is 54.9 Å². The van der Waals surface area contributed by atoms with Gasteiger partial charge in [-0.2, -0.15) is 0 Å². The largest absolute Gasteiger partial charge is 0.361 e. The maximum Gasteiger partial charge on any atom is 0.156 e. The van der Waals surface area contributed by atoms with E-state index in [0.717, 1.165) is 47.1 Å². The molecule has 0 unspecified atom stereocenters. The highest BCUT2D eigenvalue weighted by atomic mass is 16.1. The summed E-state index contributed by atoms with van der Waals surface area (Å²) in [7, 11) is 0. The molecule has 4 heteroatoms. The van der Waals surface area contributed by atoms with Gasteiger partial charge in [-0.15, -0.1) is 0 Å². The van der Waals surface area contributed by atoms with Crippen molar-refractivity contribution in [3.63, 3.8) is 0 Å². The van der Waals surface area contributed by atoms with Crippen molar-refractivity contribution in [2.75, 3.05) is 11.9 Å². The number of nitrogens with zero attached hydrogens (tertiary/aromatic N) is 2. The van der Waals surface area contributed by atoms with Crippen molar-refractivity contribution in [3.8, 4) is 11.3 Å². The first-order valence-electron chi connectivity index (χ1n) is 11.5. The van der Waals surface area contributed by atoms with E-state index in [0.29, 0.717) is 6.42 Å². The number of carbonyl (C=O) groups excluding carboxylic acids is 1. The van der Waals surface area contributed by atoms with E-state index in [1.165, 1.54) is 32.1 Å². The first-order valence-corrected chi connectivity index (χ1v) is 11.5. The number of aryl methyl sites for hydroxylation is 1. The molecule has 1 aliphatic rings. The predicted molar refractivity (Wildman–Crippen MR) is 126 cm³/mol. The molecule has 2 aromatic carbocycles. The Kier molecular flexibility index (Phi) is 7.43. The maximum atomic E-state index is 12.5. The van der Waals surface area contributed by atoms with Crippen molar-refractivity contribution in [3.05, 3.63) is 78.1 Å². The number of carbonyl (C=O) groups is 1. The zero-order valence-electron chi connectivity index (χ0n) is 18.1. The highest BCUT2D eigenvalue weighted by molar-refractivity contribution is 5.84. The summed E-state index contributed by atoms with van der Waals surface area (Å²) >= 11 is 0. The zero-order chi connectivity index (χ0) is 21.3. The van der Waals surface area contributed by atoms with Gasteiger partial charge in [0.05, 0.1) is 24.1 Å². The summed E-state index contributed by atoms with van der Waals surface area (Å²) in [5, 5.41) is 3.28. The molecule has 1 heterocycles. The number of rotatable bonds is 9. The number of aromatic nitrogens is 2. The molecule has 31 heavy (non-hydrogen) atoms. The third-order valence-electron chi connectivity index (χ3n) is 6.13. The van der Waals surface area contributed by atoms with Gasteiger partial charge in [-0.1, -0.05) is 92.8 Å². The van der Waals surface area contributed by atoms with E-state index in [4.69, 9.17) is 4.98 Å². The van der Waals surface area contributed by atoms with Gasteiger partial charge in [0, 0.05) is 12.0 Å². The molecule has 1 fully saturated rings. The van der Waals surface area contributed by atoms with Gasteiger partial charge in [0.15, 0.2) is 5.78 Å². The molecule has 0 aliphatic heterocycles. The maximum absolute atomic E-state index is 12.5. The number of benzene rings is 2. The average molecular weight is 414 g/mol. The van der Waals surface area contributed by atoms with Crippen LogP contribution in [0, 0.1) is 5.92 Å². The molecule has 4 nitrogen and oxygen atoms in total. The summed E-state index contributed by atoms with van der Waals surface area (Å²) in [6, 6.07) is 20.0. The Morgan fingerprint density at radius 1 is 0.935 bits per heavy atom. The lowest BCUT2D eigenvalue weighted by atomic mass is 9.86. The second-order valence-electron chi connectivity index (χ2n) is 8.51. The van der Waals surface area contributed by atoms with Crippen LogP contribution in [-0.4, -0.2) is 22.3 Å². The van der Waals surface area contributed by atoms with Crippen LogP contribution in [-0.2, 0) is 17.6 Å². The van der Waals surface area contributed by atoms with E-state index in [2.05, 4.69) is 22.4 Å². The van der Waals surface area contributed by atoms with Crippen molar-refractivity contribution in [2.45, 2.75) is 51.4 Å². The van der Waals surface area contributed by atoms with Crippen molar-refractivity contribution in [2.24, 2.45) is 5.92 Å². The average Bonchev–Trinajstić information content (AvgIpc) is 2.83. The first kappa shape index (κ1) is 21.2. The minimum Gasteiger partial charge on any atom is -0.361 e. The van der Waals surface area contributed by atoms with Gasteiger partial charge >= 0.3 is 0 Å². The van der Waals surface area contributed by atoms with Crippen LogP contribution >= 0.6 is 0 Å². The molecule has 0 amide bonds. The van der Waals surface area contributed by atoms with E-state index in [1.54, 1.807) is 0 Å². The summed E-state index contributed by atoms with van der Waals surface area (Å²) in [5.74, 6) is 1.68. The van der Waals surface area contributed by atoms with Gasteiger partial charge in [-0.3, -0.25) is 4.79 Å². The summed E-state index contributed by atoms with van der Waals surface area (Å²) in [5.41, 5.74) is 3.97. The lowest BCUT2D eigenvalue weighted by Crippen LogP contribution is -2.18. The second-order valence-corrected chi connectivity index (χ2v) is 8.51. The molecule has 0 saturated heterocycles. The highest BCUT2D eigenvalue weighted by Gasteiger charge is 2.16. The smallest absolute Gasteiger partial charge is 0.156 e. The minimum atomic E-state index is 0.151. The van der Waals surface area contributed by atoms with E-state index in [-0.39, 0.29) is 12.3 Å². The van der Waals surface area contributed by atoms with Gasteiger partial charge in [-0.25, -0.2) is 9.97 Å². The van der Waals surface area contributed by atoms with Crippen LogP contribution < -0.4 is 5.32 Å². The van der Waals surface area contributed by atoms with Gasteiger partial charge in [0.1, 0.15) is 5.82 Å². The molecule has 0 spiro atoms. The van der Waals surface area contributed by atoms with E-state index >= 15 is 0 Å². The zero-order valence-corrected chi connectivity index (χ0v) is 18.1. The van der Waals surface area contributed by atoms with Crippen LogP contribution in [0.2, 0.25) is 0 Å². The number of ketones is 1. The number of Topliss-reactive ketones (excluding diaryl/α,β-unsaturated/α-hetero) is 1. The lowest BCUT2D eigenvalue weighted by molar-refractivity contribution is -0.116. The van der Waals surface area contributed by atoms with Crippen molar-refractivity contribution < 1.29 is 4.79 Å². The van der Waals surface area contributed by atoms with Crippen LogP contribution in [0.1, 0.15) is 49.8 Å². The van der Waals surface area contributed by atoms with E-state index in [9.17, 15) is 4.79 Å². The quantitative estimate of drug-likeness (QED) is 0.476. The van der Waals surface area contributed by atoms with Crippen LogP contribution in [0.3, 0.4) is 0 Å². The predicted octanol–water partition coefficient (Wildman–Crippen LogP) is 5.88. The molecule has 4 rings (SSSR count). The number of hydrogen-bond acceptors (Lipinski definition) is 4. The summed E-state index contributed by atoms with van der Waals surface area (Å²) < 4.78 is 0. The van der Waals surface area contributed by atoms with E-state index in [1.807, 2.05) is 54.7 Å². The standard InChI is InChI=1S/C27H31N3O/c31-24(18-22-12-6-2-7-13-22)19-28-27-25(17-16-21-10-4-1-5-11-21)30-26(20-29-27)23-14-8-3-9-15-23/h2-3,6-9,12-15,20-21H,1,4-5,10-11,16-19H2,(H,28,29). The van der Waals surface area contributed by atoms with E-state index < -0.39 is 0 Å². The third-order valence-corrected chi connectivity index (χ3v) is 6.13. The third kappa shape index (κ3) is 6.24. The molecular weight excluding hydrogens is 382 g/mol. The van der Waals surface area contributed by atoms with Crippen LogP contribution in [0.25, 0.3) is 11.3 Å². The Bertz CT molecular complexity index is 966. The van der Waals surface area contributed by atoms with Gasteiger partial charge in [0.25, 0.3) is 0 Å². The van der Waals surface area contributed by atoms with Crippen LogP contribution in [0.15, 0.2) is 66.9 Å². The van der Waals surface area contributed by atoms with Crippen molar-refractivity contribution >= 4 is 11.6 Å². The molecule has 1 saturated carbocycles. The summed E-state index contributed by atoms with van der Waals surface area (Å²) in [6.45, 7) is 0.269. The minimum absolute atomic E-state index is 0.151. The molecule has 0 radical (unpaired) electrons. The Morgan fingerprint density at radius 2 is 1.65 bits per heavy atom. The Labute approximate surface area is 185 Å². The second kappa shape index (κ2) is 10.9. The fourth-order valence-electron chi connectivity index (χ4n) is 4.38. The number of anilines is 1. The number of nitrogens with one attached hydrogen (secondary N) is 1. The van der Waals surface area contributed by atoms with Gasteiger partial charge < -0.3 is 5.32 Å². The van der Waals surface area contributed by atoms with Gasteiger partial charge in [-0.05, 0) is 24.3 Å². The Balaban J connectivity index is 1.46. The highest BCUT2D eigenvalue weighted by Crippen LogP contribution is 2.29. The summed E-state index contributed by atoms with van der Waals surface area (Å²) in [6.07, 6.45) is 11.0.